The molecular weight excluding hydrogens is 364 g/mol. The number of nitrogens with zero attached hydrogens (tertiary/aromatic N) is 1. The Kier molecular flexibility index (Phi) is 4.86. The summed E-state index contributed by atoms with van der Waals surface area (Å²) < 4.78 is 7.02. The van der Waals surface area contributed by atoms with E-state index in [1.54, 1.807) is 0 Å². The molecule has 1 aliphatic rings. The largest absolute Gasteiger partial charge is 0.452 e. The van der Waals surface area contributed by atoms with Gasteiger partial charge in [-0.1, -0.05) is 0 Å². The Bertz CT molecular complexity index is 408. The highest BCUT2D eigenvalue weighted by molar-refractivity contribution is 9.13. The highest BCUT2D eigenvalue weighted by Gasteiger charge is 2.23. The lowest BCUT2D eigenvalue weighted by molar-refractivity contribution is -0.132. The van der Waals surface area contributed by atoms with Crippen molar-refractivity contribution in [1.82, 2.24) is 10.2 Å². The first kappa shape index (κ1) is 14.1. The number of likely N-dealkylation sites (tertiary alicyclic amines) is 1. The third-order valence-electron chi connectivity index (χ3n) is 3.07. The Morgan fingerprint density at radius 3 is 2.72 bits per heavy atom. The van der Waals surface area contributed by atoms with Crippen LogP contribution in [0.4, 0.5) is 0 Å². The highest BCUT2D eigenvalue weighted by atomic mass is 79.9. The number of rotatable bonds is 4. The van der Waals surface area contributed by atoms with E-state index in [9.17, 15) is 4.79 Å². The van der Waals surface area contributed by atoms with Gasteiger partial charge in [-0.25, -0.2) is 0 Å². The second-order valence-electron chi connectivity index (χ2n) is 4.47. The predicted octanol–water partition coefficient (Wildman–Crippen LogP) is 2.91. The smallest absolute Gasteiger partial charge is 0.239 e. The molecule has 1 atom stereocenters. The molecule has 100 valence electrons. The van der Waals surface area contributed by atoms with Crippen LogP contribution in [0.15, 0.2) is 19.6 Å². The molecule has 1 aliphatic heterocycles. The lowest BCUT2D eigenvalue weighted by Crippen LogP contribution is -2.43. The molecule has 6 heteroatoms. The Labute approximate surface area is 123 Å². The van der Waals surface area contributed by atoms with Crippen molar-refractivity contribution in [3.05, 3.63) is 21.0 Å². The fourth-order valence-electron chi connectivity index (χ4n) is 2.03. The van der Waals surface area contributed by atoms with Crippen LogP contribution in [0.5, 0.6) is 0 Å². The van der Waals surface area contributed by atoms with Crippen LogP contribution < -0.4 is 5.32 Å². The van der Waals surface area contributed by atoms with Gasteiger partial charge >= 0.3 is 0 Å². The van der Waals surface area contributed by atoms with Crippen molar-refractivity contribution in [3.8, 4) is 0 Å². The number of hydrogen-bond acceptors (Lipinski definition) is 3. The maximum atomic E-state index is 12.1. The molecule has 1 unspecified atom stereocenters. The van der Waals surface area contributed by atoms with E-state index in [0.717, 1.165) is 36.2 Å². The molecule has 0 aliphatic carbocycles. The summed E-state index contributed by atoms with van der Waals surface area (Å²) in [6.45, 7) is 4.23. The van der Waals surface area contributed by atoms with Crippen LogP contribution in [0.3, 0.4) is 0 Å². The van der Waals surface area contributed by atoms with E-state index in [1.807, 2.05) is 17.9 Å². The van der Waals surface area contributed by atoms with Gasteiger partial charge in [0.1, 0.15) is 5.76 Å². The van der Waals surface area contributed by atoms with E-state index in [1.165, 1.54) is 0 Å². The van der Waals surface area contributed by atoms with Crippen molar-refractivity contribution in [2.45, 2.75) is 32.4 Å². The van der Waals surface area contributed by atoms with Crippen LogP contribution in [-0.2, 0) is 11.3 Å². The zero-order valence-electron chi connectivity index (χ0n) is 10.2. The molecule has 0 bridgehead atoms. The number of furan rings is 1. The van der Waals surface area contributed by atoms with Crippen LogP contribution >= 0.6 is 31.9 Å². The van der Waals surface area contributed by atoms with Gasteiger partial charge in [0.05, 0.1) is 17.1 Å². The monoisotopic (exact) mass is 378 g/mol. The summed E-state index contributed by atoms with van der Waals surface area (Å²) >= 11 is 6.65. The molecule has 0 saturated carbocycles. The SMILES string of the molecule is CC(NCc1cc(Br)c(Br)o1)C(=O)N1CCCC1. The van der Waals surface area contributed by atoms with Gasteiger partial charge in [-0.2, -0.15) is 0 Å². The minimum Gasteiger partial charge on any atom is -0.452 e. The summed E-state index contributed by atoms with van der Waals surface area (Å²) in [6, 6.07) is 1.72. The maximum Gasteiger partial charge on any atom is 0.239 e. The molecule has 1 aromatic heterocycles. The lowest BCUT2D eigenvalue weighted by atomic mass is 10.3. The van der Waals surface area contributed by atoms with Crippen LogP contribution in [0.25, 0.3) is 0 Å². The molecule has 0 spiro atoms. The van der Waals surface area contributed by atoms with Gasteiger partial charge < -0.3 is 9.32 Å². The first-order valence-corrected chi connectivity index (χ1v) is 7.62. The molecule has 2 rings (SSSR count). The van der Waals surface area contributed by atoms with E-state index >= 15 is 0 Å². The van der Waals surface area contributed by atoms with Crippen molar-refractivity contribution in [1.29, 1.82) is 0 Å². The van der Waals surface area contributed by atoms with Crippen LogP contribution in [0.1, 0.15) is 25.5 Å². The van der Waals surface area contributed by atoms with Gasteiger partial charge in [-0.15, -0.1) is 0 Å². The van der Waals surface area contributed by atoms with Crippen molar-refractivity contribution >= 4 is 37.8 Å². The standard InChI is InChI=1S/C12H16Br2N2O2/c1-8(12(17)16-4-2-3-5-16)15-7-9-6-10(13)11(14)18-9/h6,8,15H,2-5,7H2,1H3. The lowest BCUT2D eigenvalue weighted by Gasteiger charge is -2.20. The van der Waals surface area contributed by atoms with Crippen molar-refractivity contribution in [2.24, 2.45) is 0 Å². The molecule has 2 heterocycles. The molecular formula is C12H16Br2N2O2. The van der Waals surface area contributed by atoms with Gasteiger partial charge in [-0.05, 0) is 57.7 Å². The second kappa shape index (κ2) is 6.21. The highest BCUT2D eigenvalue weighted by Crippen LogP contribution is 2.26. The fraction of sp³-hybridized carbons (Fsp3) is 0.583. The zero-order valence-corrected chi connectivity index (χ0v) is 13.4. The summed E-state index contributed by atoms with van der Waals surface area (Å²) in [4.78, 5) is 14.0. The first-order chi connectivity index (χ1) is 8.58. The number of carbonyl (C=O) groups is 1. The number of nitrogens with one attached hydrogen (secondary N) is 1. The topological polar surface area (TPSA) is 45.5 Å². The predicted molar refractivity (Wildman–Crippen MR) is 76.2 cm³/mol. The van der Waals surface area contributed by atoms with E-state index in [4.69, 9.17) is 4.42 Å². The normalized spacial score (nSPS) is 17.2. The number of hydrogen-bond donors (Lipinski definition) is 1. The van der Waals surface area contributed by atoms with Gasteiger partial charge in [0, 0.05) is 13.1 Å². The summed E-state index contributed by atoms with van der Waals surface area (Å²) in [6.07, 6.45) is 2.24. The number of halogens is 2. The minimum atomic E-state index is -0.175. The van der Waals surface area contributed by atoms with Crippen LogP contribution in [0.2, 0.25) is 0 Å². The molecule has 0 radical (unpaired) electrons. The zero-order chi connectivity index (χ0) is 13.1. The average Bonchev–Trinajstić information content (AvgIpc) is 2.96. The van der Waals surface area contributed by atoms with Gasteiger partial charge in [0.2, 0.25) is 5.91 Å². The first-order valence-electron chi connectivity index (χ1n) is 6.04. The summed E-state index contributed by atoms with van der Waals surface area (Å²) in [5.74, 6) is 0.979. The van der Waals surface area contributed by atoms with Gasteiger partial charge in [-0.3, -0.25) is 10.1 Å². The van der Waals surface area contributed by atoms with Crippen LogP contribution in [0, 0.1) is 0 Å². The fourth-order valence-corrected chi connectivity index (χ4v) is 2.69. The number of amides is 1. The summed E-state index contributed by atoms with van der Waals surface area (Å²) in [5.41, 5.74) is 0. The average molecular weight is 380 g/mol. The third kappa shape index (κ3) is 3.36. The second-order valence-corrected chi connectivity index (χ2v) is 6.04. The molecule has 1 N–H and O–H groups in total. The van der Waals surface area contributed by atoms with E-state index in [0.29, 0.717) is 11.2 Å². The third-order valence-corrected chi connectivity index (χ3v) is 4.78. The molecule has 4 nitrogen and oxygen atoms in total. The van der Waals surface area contributed by atoms with E-state index in [-0.39, 0.29) is 11.9 Å². The summed E-state index contributed by atoms with van der Waals surface area (Å²) in [5, 5.41) is 3.19. The van der Waals surface area contributed by atoms with E-state index < -0.39 is 0 Å². The molecule has 1 saturated heterocycles. The van der Waals surface area contributed by atoms with Gasteiger partial charge in [0.15, 0.2) is 4.67 Å². The quantitative estimate of drug-likeness (QED) is 0.874. The minimum absolute atomic E-state index is 0.175. The molecule has 1 fully saturated rings. The molecule has 1 amide bonds. The van der Waals surface area contributed by atoms with Gasteiger partial charge in [0.25, 0.3) is 0 Å². The molecule has 18 heavy (non-hydrogen) atoms. The summed E-state index contributed by atoms with van der Waals surface area (Å²) in [7, 11) is 0. The molecule has 1 aromatic rings. The Morgan fingerprint density at radius 1 is 1.50 bits per heavy atom. The molecule has 0 aromatic carbocycles. The van der Waals surface area contributed by atoms with E-state index in [2.05, 4.69) is 37.2 Å². The maximum absolute atomic E-state index is 12.1. The number of carbonyl (C=O) groups excluding carboxylic acids is 1. The van der Waals surface area contributed by atoms with Crippen molar-refractivity contribution < 1.29 is 9.21 Å². The Hall–Kier alpha value is -0.330. The van der Waals surface area contributed by atoms with Crippen LogP contribution in [-0.4, -0.2) is 29.9 Å². The Morgan fingerprint density at radius 2 is 2.17 bits per heavy atom. The van der Waals surface area contributed by atoms with Crippen molar-refractivity contribution in [2.75, 3.05) is 13.1 Å². The Balaban J connectivity index is 1.83. The van der Waals surface area contributed by atoms with Crippen molar-refractivity contribution in [3.63, 3.8) is 0 Å².